The second kappa shape index (κ2) is 5.96. The molecule has 0 aliphatic heterocycles. The lowest BCUT2D eigenvalue weighted by molar-refractivity contribution is 0.778. The van der Waals surface area contributed by atoms with Gasteiger partial charge in [0.15, 0.2) is 0 Å². The number of rotatable bonds is 4. The van der Waals surface area contributed by atoms with Crippen LogP contribution in [0.1, 0.15) is 18.9 Å². The van der Waals surface area contributed by atoms with Gasteiger partial charge in [0.1, 0.15) is 0 Å². The molecule has 0 saturated carbocycles. The topological polar surface area (TPSA) is 17.8 Å². The van der Waals surface area contributed by atoms with Crippen molar-refractivity contribution in [1.82, 2.24) is 9.78 Å². The van der Waals surface area contributed by atoms with E-state index in [2.05, 4.69) is 61.5 Å². The molecule has 3 aromatic rings. The Morgan fingerprint density at radius 1 is 0.857 bits per heavy atom. The Balaban J connectivity index is 2.20. The third kappa shape index (κ3) is 2.62. The first-order valence-corrected chi connectivity index (χ1v) is 7.48. The van der Waals surface area contributed by atoms with E-state index in [-0.39, 0.29) is 0 Å². The van der Waals surface area contributed by atoms with Gasteiger partial charge in [-0.15, -0.1) is 0 Å². The number of aryl methyl sites for hydroxylation is 1. The van der Waals surface area contributed by atoms with Crippen LogP contribution in [0.5, 0.6) is 0 Å². The van der Waals surface area contributed by atoms with E-state index in [1.165, 1.54) is 22.4 Å². The maximum absolute atomic E-state index is 4.79. The number of hydrogen-bond donors (Lipinski definition) is 0. The molecule has 106 valence electrons. The molecule has 0 aliphatic carbocycles. The summed E-state index contributed by atoms with van der Waals surface area (Å²) in [7, 11) is 2.04. The molecular weight excluding hydrogens is 256 g/mol. The standard InChI is InChI=1S/C19H20N2/c1-3-10-17-18(15-11-6-4-7-12-15)20-21(2)19(17)16-13-8-5-9-14-16/h4-9,11-14H,3,10H2,1-2H3. The Labute approximate surface area is 126 Å². The molecule has 2 nitrogen and oxygen atoms in total. The number of aromatic nitrogens is 2. The molecule has 3 rings (SSSR count). The first-order chi connectivity index (χ1) is 10.3. The summed E-state index contributed by atoms with van der Waals surface area (Å²) in [6.07, 6.45) is 2.16. The van der Waals surface area contributed by atoms with Crippen molar-refractivity contribution in [3.8, 4) is 22.5 Å². The van der Waals surface area contributed by atoms with Gasteiger partial charge in [-0.2, -0.15) is 5.10 Å². The van der Waals surface area contributed by atoms with Gasteiger partial charge in [-0.05, 0) is 6.42 Å². The Morgan fingerprint density at radius 3 is 2.00 bits per heavy atom. The molecule has 1 aromatic heterocycles. The van der Waals surface area contributed by atoms with Crippen LogP contribution in [0.15, 0.2) is 60.7 Å². The fourth-order valence-electron chi connectivity index (χ4n) is 2.84. The zero-order valence-electron chi connectivity index (χ0n) is 12.6. The highest BCUT2D eigenvalue weighted by atomic mass is 15.3. The summed E-state index contributed by atoms with van der Waals surface area (Å²) in [6, 6.07) is 21.0. The van der Waals surface area contributed by atoms with Crippen LogP contribution in [0.4, 0.5) is 0 Å². The van der Waals surface area contributed by atoms with Crippen LogP contribution in [0.2, 0.25) is 0 Å². The maximum Gasteiger partial charge on any atom is 0.0961 e. The fourth-order valence-corrected chi connectivity index (χ4v) is 2.84. The van der Waals surface area contributed by atoms with Gasteiger partial charge in [0.2, 0.25) is 0 Å². The van der Waals surface area contributed by atoms with Crippen molar-refractivity contribution in [1.29, 1.82) is 0 Å². The number of benzene rings is 2. The smallest absolute Gasteiger partial charge is 0.0961 e. The predicted molar refractivity (Wildman–Crippen MR) is 88.1 cm³/mol. The molecule has 0 radical (unpaired) electrons. The largest absolute Gasteiger partial charge is 0.267 e. The van der Waals surface area contributed by atoms with Gasteiger partial charge in [-0.3, -0.25) is 4.68 Å². The molecule has 21 heavy (non-hydrogen) atoms. The van der Waals surface area contributed by atoms with E-state index in [0.717, 1.165) is 18.5 Å². The minimum absolute atomic E-state index is 1.04. The third-order valence-electron chi connectivity index (χ3n) is 3.74. The average Bonchev–Trinajstić information content (AvgIpc) is 2.86. The monoisotopic (exact) mass is 276 g/mol. The highest BCUT2D eigenvalue weighted by molar-refractivity contribution is 5.74. The average molecular weight is 276 g/mol. The molecule has 0 saturated heterocycles. The molecule has 2 aromatic carbocycles. The van der Waals surface area contributed by atoms with Crippen LogP contribution >= 0.6 is 0 Å². The van der Waals surface area contributed by atoms with Crippen molar-refractivity contribution in [2.45, 2.75) is 19.8 Å². The summed E-state index contributed by atoms with van der Waals surface area (Å²) in [5.74, 6) is 0. The van der Waals surface area contributed by atoms with Gasteiger partial charge in [-0.25, -0.2) is 0 Å². The second-order valence-corrected chi connectivity index (χ2v) is 5.28. The highest BCUT2D eigenvalue weighted by Gasteiger charge is 2.17. The maximum atomic E-state index is 4.79. The zero-order chi connectivity index (χ0) is 14.7. The van der Waals surface area contributed by atoms with E-state index < -0.39 is 0 Å². The van der Waals surface area contributed by atoms with Gasteiger partial charge in [-0.1, -0.05) is 74.0 Å². The van der Waals surface area contributed by atoms with Gasteiger partial charge in [0.25, 0.3) is 0 Å². The van der Waals surface area contributed by atoms with Crippen molar-refractivity contribution >= 4 is 0 Å². The van der Waals surface area contributed by atoms with Crippen molar-refractivity contribution in [3.63, 3.8) is 0 Å². The van der Waals surface area contributed by atoms with Crippen LogP contribution < -0.4 is 0 Å². The normalized spacial score (nSPS) is 10.8. The molecule has 1 heterocycles. The van der Waals surface area contributed by atoms with Gasteiger partial charge in [0.05, 0.1) is 11.4 Å². The van der Waals surface area contributed by atoms with Crippen molar-refractivity contribution in [2.24, 2.45) is 7.05 Å². The van der Waals surface area contributed by atoms with E-state index in [4.69, 9.17) is 5.10 Å². The summed E-state index contributed by atoms with van der Waals surface area (Å²) >= 11 is 0. The molecule has 0 fully saturated rings. The molecule has 2 heteroatoms. The lowest BCUT2D eigenvalue weighted by Gasteiger charge is -2.06. The van der Waals surface area contributed by atoms with Gasteiger partial charge >= 0.3 is 0 Å². The Morgan fingerprint density at radius 2 is 1.43 bits per heavy atom. The zero-order valence-corrected chi connectivity index (χ0v) is 12.6. The summed E-state index contributed by atoms with van der Waals surface area (Å²) in [5, 5.41) is 4.79. The molecule has 0 bridgehead atoms. The Kier molecular flexibility index (Phi) is 3.87. The molecule has 0 N–H and O–H groups in total. The van der Waals surface area contributed by atoms with Crippen LogP contribution in [0.25, 0.3) is 22.5 Å². The SMILES string of the molecule is CCCc1c(-c2ccccc2)nn(C)c1-c1ccccc1. The second-order valence-electron chi connectivity index (χ2n) is 5.28. The lowest BCUT2D eigenvalue weighted by Crippen LogP contribution is -1.95. The van der Waals surface area contributed by atoms with Crippen LogP contribution in [0.3, 0.4) is 0 Å². The lowest BCUT2D eigenvalue weighted by atomic mass is 9.98. The number of hydrogen-bond acceptors (Lipinski definition) is 1. The molecule has 0 atom stereocenters. The quantitative estimate of drug-likeness (QED) is 0.675. The van der Waals surface area contributed by atoms with E-state index in [0.29, 0.717) is 0 Å². The Bertz CT molecular complexity index is 712. The summed E-state index contributed by atoms with van der Waals surface area (Å²) in [6.45, 7) is 2.22. The summed E-state index contributed by atoms with van der Waals surface area (Å²) < 4.78 is 2.02. The van der Waals surface area contributed by atoms with Crippen LogP contribution in [-0.2, 0) is 13.5 Å². The first kappa shape index (κ1) is 13.6. The van der Waals surface area contributed by atoms with E-state index in [9.17, 15) is 0 Å². The predicted octanol–water partition coefficient (Wildman–Crippen LogP) is 4.71. The Hall–Kier alpha value is -2.35. The highest BCUT2D eigenvalue weighted by Crippen LogP contribution is 2.32. The van der Waals surface area contributed by atoms with Gasteiger partial charge in [0, 0.05) is 23.7 Å². The first-order valence-electron chi connectivity index (χ1n) is 7.48. The molecule has 0 unspecified atom stereocenters. The van der Waals surface area contributed by atoms with E-state index >= 15 is 0 Å². The van der Waals surface area contributed by atoms with Crippen molar-refractivity contribution in [2.75, 3.05) is 0 Å². The van der Waals surface area contributed by atoms with Crippen LogP contribution in [-0.4, -0.2) is 9.78 Å². The van der Waals surface area contributed by atoms with Crippen molar-refractivity contribution < 1.29 is 0 Å². The van der Waals surface area contributed by atoms with E-state index in [1.807, 2.05) is 17.8 Å². The van der Waals surface area contributed by atoms with Crippen LogP contribution in [0, 0.1) is 0 Å². The number of nitrogens with zero attached hydrogens (tertiary/aromatic N) is 2. The molecule has 0 spiro atoms. The van der Waals surface area contributed by atoms with E-state index in [1.54, 1.807) is 0 Å². The minimum Gasteiger partial charge on any atom is -0.267 e. The summed E-state index contributed by atoms with van der Waals surface area (Å²) in [5.41, 5.74) is 6.12. The fraction of sp³-hybridized carbons (Fsp3) is 0.211. The molecule has 0 aliphatic rings. The molecule has 0 amide bonds. The van der Waals surface area contributed by atoms with Gasteiger partial charge < -0.3 is 0 Å². The van der Waals surface area contributed by atoms with Crippen molar-refractivity contribution in [3.05, 3.63) is 66.2 Å². The summed E-state index contributed by atoms with van der Waals surface area (Å²) in [4.78, 5) is 0. The minimum atomic E-state index is 1.04. The third-order valence-corrected chi connectivity index (χ3v) is 3.74. The molecular formula is C19H20N2.